The standard InChI is InChI=1S/C16H19ClN2O2/c1-16(2,15(20)19-5-7-21-8-6-19)13-10-18-14-4-3-11(17)9-12(13)14/h3-4,9-10,18H,5-8H2,1-2H3. The Balaban J connectivity index is 1.99. The normalized spacial score (nSPS) is 16.4. The molecule has 1 aliphatic rings. The van der Waals surface area contributed by atoms with Crippen molar-refractivity contribution in [3.8, 4) is 0 Å². The number of benzene rings is 1. The van der Waals surface area contributed by atoms with E-state index in [2.05, 4.69) is 4.98 Å². The molecule has 2 heterocycles. The second kappa shape index (κ2) is 5.35. The molecule has 5 heteroatoms. The lowest BCUT2D eigenvalue weighted by Crippen LogP contribution is -2.48. The number of aromatic amines is 1. The van der Waals surface area contributed by atoms with E-state index >= 15 is 0 Å². The van der Waals surface area contributed by atoms with Gasteiger partial charge in [0, 0.05) is 35.2 Å². The van der Waals surface area contributed by atoms with Gasteiger partial charge in [0.1, 0.15) is 0 Å². The van der Waals surface area contributed by atoms with Crippen molar-refractivity contribution in [3.05, 3.63) is 35.0 Å². The Morgan fingerprint density at radius 1 is 1.33 bits per heavy atom. The quantitative estimate of drug-likeness (QED) is 0.927. The maximum absolute atomic E-state index is 12.9. The molecule has 0 spiro atoms. The zero-order chi connectivity index (χ0) is 15.0. The maximum atomic E-state index is 12.9. The van der Waals surface area contributed by atoms with E-state index in [-0.39, 0.29) is 5.91 Å². The van der Waals surface area contributed by atoms with Gasteiger partial charge < -0.3 is 14.6 Å². The van der Waals surface area contributed by atoms with Gasteiger partial charge >= 0.3 is 0 Å². The van der Waals surface area contributed by atoms with Crippen LogP contribution in [-0.4, -0.2) is 42.1 Å². The van der Waals surface area contributed by atoms with Gasteiger partial charge in [-0.2, -0.15) is 0 Å². The molecular weight excluding hydrogens is 288 g/mol. The number of nitrogens with zero attached hydrogens (tertiary/aromatic N) is 1. The van der Waals surface area contributed by atoms with E-state index in [1.165, 1.54) is 0 Å². The van der Waals surface area contributed by atoms with E-state index in [0.29, 0.717) is 31.3 Å². The van der Waals surface area contributed by atoms with E-state index in [1.54, 1.807) is 0 Å². The van der Waals surface area contributed by atoms with Gasteiger partial charge in [-0.05, 0) is 37.6 Å². The number of amides is 1. The SMILES string of the molecule is CC(C)(C(=O)N1CCOCC1)c1c[nH]c2ccc(Cl)cc12. The molecule has 21 heavy (non-hydrogen) atoms. The molecule has 4 nitrogen and oxygen atoms in total. The van der Waals surface area contributed by atoms with Gasteiger partial charge in [-0.3, -0.25) is 4.79 Å². The Bertz CT molecular complexity index is 672. The largest absolute Gasteiger partial charge is 0.378 e. The second-order valence-electron chi connectivity index (χ2n) is 5.92. The van der Waals surface area contributed by atoms with Crippen molar-refractivity contribution in [3.63, 3.8) is 0 Å². The predicted molar refractivity (Wildman–Crippen MR) is 83.7 cm³/mol. The molecule has 1 aromatic heterocycles. The Morgan fingerprint density at radius 3 is 2.76 bits per heavy atom. The fraction of sp³-hybridized carbons (Fsp3) is 0.438. The van der Waals surface area contributed by atoms with E-state index in [0.717, 1.165) is 16.5 Å². The van der Waals surface area contributed by atoms with Crippen molar-refractivity contribution in [1.82, 2.24) is 9.88 Å². The molecule has 1 N–H and O–H groups in total. The van der Waals surface area contributed by atoms with E-state index in [1.807, 2.05) is 43.1 Å². The topological polar surface area (TPSA) is 45.3 Å². The fourth-order valence-corrected chi connectivity index (χ4v) is 3.06. The average molecular weight is 307 g/mol. The van der Waals surface area contributed by atoms with Gasteiger partial charge in [0.05, 0.1) is 18.6 Å². The summed E-state index contributed by atoms with van der Waals surface area (Å²) < 4.78 is 5.32. The smallest absolute Gasteiger partial charge is 0.232 e. The van der Waals surface area contributed by atoms with Crippen molar-refractivity contribution in [2.75, 3.05) is 26.3 Å². The summed E-state index contributed by atoms with van der Waals surface area (Å²) in [5, 5.41) is 1.69. The van der Waals surface area contributed by atoms with Crippen LogP contribution in [0, 0.1) is 0 Å². The Hall–Kier alpha value is -1.52. The number of H-pyrrole nitrogens is 1. The Kier molecular flexibility index (Phi) is 3.68. The van der Waals surface area contributed by atoms with E-state index in [9.17, 15) is 4.79 Å². The van der Waals surface area contributed by atoms with Crippen LogP contribution in [0.2, 0.25) is 5.02 Å². The summed E-state index contributed by atoms with van der Waals surface area (Å²) in [6, 6.07) is 5.70. The molecule has 0 saturated carbocycles. The van der Waals surface area contributed by atoms with Crippen LogP contribution in [0.1, 0.15) is 19.4 Å². The highest BCUT2D eigenvalue weighted by molar-refractivity contribution is 6.31. The summed E-state index contributed by atoms with van der Waals surface area (Å²) in [5.74, 6) is 0.131. The maximum Gasteiger partial charge on any atom is 0.232 e. The number of carbonyl (C=O) groups excluding carboxylic acids is 1. The highest BCUT2D eigenvalue weighted by atomic mass is 35.5. The number of ether oxygens (including phenoxy) is 1. The minimum atomic E-state index is -0.597. The number of halogens is 1. The first-order chi connectivity index (χ1) is 10.00. The van der Waals surface area contributed by atoms with Crippen LogP contribution in [0.15, 0.2) is 24.4 Å². The zero-order valence-corrected chi connectivity index (χ0v) is 13.0. The predicted octanol–water partition coefficient (Wildman–Crippen LogP) is 2.96. The van der Waals surface area contributed by atoms with Crippen molar-refractivity contribution in [2.24, 2.45) is 0 Å². The molecule has 0 unspecified atom stereocenters. The van der Waals surface area contributed by atoms with E-state index < -0.39 is 5.41 Å². The van der Waals surface area contributed by atoms with Crippen LogP contribution >= 0.6 is 11.6 Å². The second-order valence-corrected chi connectivity index (χ2v) is 6.36. The van der Waals surface area contributed by atoms with Crippen LogP contribution in [0.5, 0.6) is 0 Å². The molecule has 0 bridgehead atoms. The molecule has 1 aliphatic heterocycles. The molecule has 3 rings (SSSR count). The van der Waals surface area contributed by atoms with Gasteiger partial charge in [0.15, 0.2) is 0 Å². The summed E-state index contributed by atoms with van der Waals surface area (Å²) in [4.78, 5) is 18.0. The third-order valence-corrected chi connectivity index (χ3v) is 4.39. The van der Waals surface area contributed by atoms with Crippen molar-refractivity contribution >= 4 is 28.4 Å². The minimum Gasteiger partial charge on any atom is -0.378 e. The number of aromatic nitrogens is 1. The van der Waals surface area contributed by atoms with Gasteiger partial charge in [-0.1, -0.05) is 11.6 Å². The molecule has 0 atom stereocenters. The molecule has 0 aliphatic carbocycles. The lowest BCUT2D eigenvalue weighted by Gasteiger charge is -2.34. The Labute approximate surface area is 129 Å². The first-order valence-electron chi connectivity index (χ1n) is 7.14. The third-order valence-electron chi connectivity index (χ3n) is 4.15. The number of fused-ring (bicyclic) bond motifs is 1. The third kappa shape index (κ3) is 2.54. The average Bonchev–Trinajstić information content (AvgIpc) is 2.91. The lowest BCUT2D eigenvalue weighted by atomic mass is 9.83. The van der Waals surface area contributed by atoms with Crippen LogP contribution < -0.4 is 0 Å². The number of hydrogen-bond donors (Lipinski definition) is 1. The van der Waals surface area contributed by atoms with Crippen LogP contribution in [0.25, 0.3) is 10.9 Å². The first-order valence-corrected chi connectivity index (χ1v) is 7.52. The minimum absolute atomic E-state index is 0.131. The monoisotopic (exact) mass is 306 g/mol. The number of morpholine rings is 1. The van der Waals surface area contributed by atoms with Gasteiger partial charge in [0.25, 0.3) is 0 Å². The Morgan fingerprint density at radius 2 is 2.05 bits per heavy atom. The zero-order valence-electron chi connectivity index (χ0n) is 12.3. The summed E-state index contributed by atoms with van der Waals surface area (Å²) in [6.07, 6.45) is 1.92. The number of hydrogen-bond acceptors (Lipinski definition) is 2. The first kappa shape index (κ1) is 14.4. The molecule has 0 radical (unpaired) electrons. The molecule has 1 saturated heterocycles. The molecule has 2 aromatic rings. The van der Waals surface area contributed by atoms with Gasteiger partial charge in [0.2, 0.25) is 5.91 Å². The fourth-order valence-electron chi connectivity index (χ4n) is 2.89. The summed E-state index contributed by atoms with van der Waals surface area (Å²) >= 11 is 6.10. The summed E-state index contributed by atoms with van der Waals surface area (Å²) in [5.41, 5.74) is 1.38. The number of rotatable bonds is 2. The summed E-state index contributed by atoms with van der Waals surface area (Å²) in [6.45, 7) is 6.47. The van der Waals surface area contributed by atoms with Gasteiger partial charge in [-0.15, -0.1) is 0 Å². The molecular formula is C16H19ClN2O2. The lowest BCUT2D eigenvalue weighted by molar-refractivity contribution is -0.140. The van der Waals surface area contributed by atoms with Crippen molar-refractivity contribution in [1.29, 1.82) is 0 Å². The van der Waals surface area contributed by atoms with E-state index in [4.69, 9.17) is 16.3 Å². The van der Waals surface area contributed by atoms with Crippen molar-refractivity contribution < 1.29 is 9.53 Å². The number of carbonyl (C=O) groups is 1. The highest BCUT2D eigenvalue weighted by Gasteiger charge is 2.36. The van der Waals surface area contributed by atoms with Crippen LogP contribution in [-0.2, 0) is 14.9 Å². The van der Waals surface area contributed by atoms with Crippen LogP contribution in [0.4, 0.5) is 0 Å². The molecule has 1 aromatic carbocycles. The van der Waals surface area contributed by atoms with Gasteiger partial charge in [-0.25, -0.2) is 0 Å². The molecule has 1 amide bonds. The molecule has 112 valence electrons. The van der Waals surface area contributed by atoms with Crippen molar-refractivity contribution in [2.45, 2.75) is 19.3 Å². The number of nitrogens with one attached hydrogen (secondary N) is 1. The summed E-state index contributed by atoms with van der Waals surface area (Å²) in [7, 11) is 0. The molecule has 1 fully saturated rings. The highest BCUT2D eigenvalue weighted by Crippen LogP contribution is 2.33. The van der Waals surface area contributed by atoms with Crippen LogP contribution in [0.3, 0.4) is 0 Å².